The van der Waals surface area contributed by atoms with Crippen molar-refractivity contribution < 1.29 is 0 Å². The Morgan fingerprint density at radius 2 is 0.897 bits per heavy atom. The molecule has 0 bridgehead atoms. The highest BCUT2D eigenvalue weighted by atomic mass is 32.1. The zero-order chi connectivity index (χ0) is 44.5. The van der Waals surface area contributed by atoms with Gasteiger partial charge in [-0.25, -0.2) is 15.0 Å². The molecule has 0 saturated carbocycles. The monoisotopic (exact) mass is 903 g/mol. The third kappa shape index (κ3) is 5.54. The second-order valence-electron chi connectivity index (χ2n) is 17.2. The summed E-state index contributed by atoms with van der Waals surface area (Å²) in [6.45, 7) is 0. The predicted molar refractivity (Wildman–Crippen MR) is 284 cm³/mol. The summed E-state index contributed by atoms with van der Waals surface area (Å²) in [5.74, 6) is 2.54. The molecule has 0 unspecified atom stereocenters. The van der Waals surface area contributed by atoms with E-state index in [2.05, 4.69) is 202 Å². The number of hydrogen-bond acceptors (Lipinski definition) is 7. The first-order valence-electron chi connectivity index (χ1n) is 22.6. The van der Waals surface area contributed by atoms with Crippen LogP contribution in [0.3, 0.4) is 0 Å². The van der Waals surface area contributed by atoms with Gasteiger partial charge >= 0.3 is 0 Å². The Morgan fingerprint density at radius 1 is 0.353 bits per heavy atom. The van der Waals surface area contributed by atoms with Crippen LogP contribution in [0.5, 0.6) is 0 Å². The summed E-state index contributed by atoms with van der Waals surface area (Å²) >= 11 is 3.62. The first kappa shape index (κ1) is 37.6. The maximum Gasteiger partial charge on any atom is 0.238 e. The first-order valence-corrected chi connectivity index (χ1v) is 24.2. The molecule has 0 fully saturated rings. The number of pyridine rings is 2. The van der Waals surface area contributed by atoms with Crippen molar-refractivity contribution in [3.63, 3.8) is 0 Å². The number of rotatable bonds is 5. The summed E-state index contributed by atoms with van der Waals surface area (Å²) in [7, 11) is 0. The Bertz CT molecular complexity index is 4450. The highest BCUT2D eigenvalue weighted by Crippen LogP contribution is 2.47. The minimum Gasteiger partial charge on any atom is -0.294 e. The normalized spacial score (nSPS) is 12.1. The molecule has 0 atom stereocenters. The topological polar surface area (TPSA) is 74.3 Å². The van der Waals surface area contributed by atoms with Crippen LogP contribution >= 0.6 is 22.7 Å². The zero-order valence-electron chi connectivity index (χ0n) is 36.0. The smallest absolute Gasteiger partial charge is 0.238 e. The van der Waals surface area contributed by atoms with Gasteiger partial charge in [0.2, 0.25) is 5.95 Å². The van der Waals surface area contributed by atoms with Crippen LogP contribution in [0.4, 0.5) is 0 Å². The molecule has 0 radical (unpaired) electrons. The minimum absolute atomic E-state index is 0.538. The van der Waals surface area contributed by atoms with Gasteiger partial charge in [0.05, 0.1) is 22.1 Å². The van der Waals surface area contributed by atoms with Crippen LogP contribution in [-0.2, 0) is 0 Å². The molecular formula is C59H33N7S2. The molecule has 0 spiro atoms. The van der Waals surface area contributed by atoms with Gasteiger partial charge in [-0.3, -0.25) is 9.13 Å². The molecule has 316 valence electrons. The molecule has 7 aromatic heterocycles. The molecule has 0 aliphatic carbocycles. The number of para-hydroxylation sites is 2. The summed E-state index contributed by atoms with van der Waals surface area (Å²) in [5, 5.41) is 10.3. The van der Waals surface area contributed by atoms with E-state index in [-0.39, 0.29) is 0 Å². The molecule has 15 rings (SSSR count). The van der Waals surface area contributed by atoms with Gasteiger partial charge < -0.3 is 0 Å². The number of thiophene rings is 2. The average Bonchev–Trinajstić information content (AvgIpc) is 4.15. The maximum atomic E-state index is 5.50. The summed E-state index contributed by atoms with van der Waals surface area (Å²) in [5.41, 5.74) is 8.86. The molecule has 0 amide bonds. The molecule has 9 heteroatoms. The van der Waals surface area contributed by atoms with Crippen molar-refractivity contribution >= 4 is 118 Å². The molecule has 15 aromatic rings. The van der Waals surface area contributed by atoms with E-state index in [4.69, 9.17) is 19.9 Å². The van der Waals surface area contributed by atoms with Crippen LogP contribution in [0.1, 0.15) is 0 Å². The largest absolute Gasteiger partial charge is 0.294 e. The summed E-state index contributed by atoms with van der Waals surface area (Å²) in [6.07, 6.45) is 1.80. The van der Waals surface area contributed by atoms with Crippen molar-refractivity contribution in [2.75, 3.05) is 0 Å². The van der Waals surface area contributed by atoms with E-state index in [1.54, 1.807) is 6.20 Å². The zero-order valence-corrected chi connectivity index (χ0v) is 37.6. The lowest BCUT2D eigenvalue weighted by Crippen LogP contribution is -2.06. The molecule has 7 heterocycles. The van der Waals surface area contributed by atoms with Crippen molar-refractivity contribution in [1.82, 2.24) is 34.1 Å². The van der Waals surface area contributed by atoms with Crippen LogP contribution < -0.4 is 0 Å². The number of hydrogen-bond donors (Lipinski definition) is 0. The molecule has 7 nitrogen and oxygen atoms in total. The molecule has 68 heavy (non-hydrogen) atoms. The van der Waals surface area contributed by atoms with Gasteiger partial charge in [-0.15, -0.1) is 22.7 Å². The van der Waals surface area contributed by atoms with E-state index in [0.717, 1.165) is 77.1 Å². The first-order chi connectivity index (χ1) is 33.7. The highest BCUT2D eigenvalue weighted by Gasteiger charge is 2.26. The number of fused-ring (bicyclic) bond motifs is 13. The number of benzene rings is 8. The summed E-state index contributed by atoms with van der Waals surface area (Å²) in [6, 6.07) is 69.1. The Kier molecular flexibility index (Phi) is 7.98. The van der Waals surface area contributed by atoms with Gasteiger partial charge in [0.1, 0.15) is 5.82 Å². The van der Waals surface area contributed by atoms with Gasteiger partial charge in [-0.05, 0) is 96.6 Å². The lowest BCUT2D eigenvalue weighted by Gasteiger charge is -2.13. The van der Waals surface area contributed by atoms with E-state index in [9.17, 15) is 0 Å². The fourth-order valence-corrected chi connectivity index (χ4v) is 12.6. The molecule has 8 aromatic carbocycles. The Labute approximate surface area is 395 Å². The Hall–Kier alpha value is -8.63. The molecular weight excluding hydrogens is 871 g/mol. The van der Waals surface area contributed by atoms with E-state index >= 15 is 0 Å². The fraction of sp³-hybridized carbons (Fsp3) is 0. The Morgan fingerprint density at radius 3 is 1.54 bits per heavy atom. The highest BCUT2D eigenvalue weighted by molar-refractivity contribution is 7.26. The lowest BCUT2D eigenvalue weighted by atomic mass is 9.94. The second-order valence-corrected chi connectivity index (χ2v) is 19.4. The Balaban J connectivity index is 1.07. The van der Waals surface area contributed by atoms with Crippen LogP contribution in [0.15, 0.2) is 200 Å². The van der Waals surface area contributed by atoms with E-state index in [1.807, 2.05) is 28.7 Å². The average molecular weight is 904 g/mol. The van der Waals surface area contributed by atoms with E-state index in [1.165, 1.54) is 40.3 Å². The van der Waals surface area contributed by atoms with Gasteiger partial charge in [0, 0.05) is 90.2 Å². The third-order valence-electron chi connectivity index (χ3n) is 13.4. The van der Waals surface area contributed by atoms with Gasteiger partial charge in [0.25, 0.3) is 0 Å². The third-order valence-corrected chi connectivity index (χ3v) is 15.7. The number of nitrogens with zero attached hydrogens (tertiary/aromatic N) is 7. The van der Waals surface area contributed by atoms with Crippen LogP contribution in [0.2, 0.25) is 0 Å². The fourth-order valence-electron chi connectivity index (χ4n) is 10.4. The standard InChI is InChI=1S/C59H33N7S2/c1-2-13-34(14-3-1)53-54-40-18-4-8-20-44(40)65(52-29-26-35-15-12-30-60-56(35)61-52)46(54)33-47-55(53)41-19-5-9-21-45(41)66(47)59-63-57(36-24-27-50-42(31-36)38-16-6-10-22-48(38)67-50)62-58(64-59)37-25-28-51-43(32-37)39-17-7-11-23-49(39)68-51/h1-33H. The molecule has 0 N–H and O–H groups in total. The van der Waals surface area contributed by atoms with Crippen LogP contribution in [-0.4, -0.2) is 34.1 Å². The molecule has 0 aliphatic heterocycles. The number of aromatic nitrogens is 7. The van der Waals surface area contributed by atoms with Gasteiger partial charge in [0.15, 0.2) is 17.3 Å². The molecule has 0 saturated heterocycles. The van der Waals surface area contributed by atoms with E-state index in [0.29, 0.717) is 23.2 Å². The summed E-state index contributed by atoms with van der Waals surface area (Å²) < 4.78 is 9.51. The van der Waals surface area contributed by atoms with E-state index < -0.39 is 0 Å². The van der Waals surface area contributed by atoms with Gasteiger partial charge in [-0.2, -0.15) is 9.97 Å². The molecule has 0 aliphatic rings. The quantitative estimate of drug-likeness (QED) is 0.172. The van der Waals surface area contributed by atoms with Crippen molar-refractivity contribution in [1.29, 1.82) is 0 Å². The second kappa shape index (κ2) is 14.4. The lowest BCUT2D eigenvalue weighted by molar-refractivity contribution is 0.954. The van der Waals surface area contributed by atoms with Crippen molar-refractivity contribution in [2.45, 2.75) is 0 Å². The van der Waals surface area contributed by atoms with Crippen molar-refractivity contribution in [2.24, 2.45) is 0 Å². The maximum absolute atomic E-state index is 5.50. The van der Waals surface area contributed by atoms with Crippen molar-refractivity contribution in [3.05, 3.63) is 200 Å². The van der Waals surface area contributed by atoms with Gasteiger partial charge in [-0.1, -0.05) is 103 Å². The van der Waals surface area contributed by atoms with Crippen LogP contribution in [0.25, 0.3) is 141 Å². The van der Waals surface area contributed by atoms with Crippen LogP contribution in [0, 0.1) is 0 Å². The predicted octanol–water partition coefficient (Wildman–Crippen LogP) is 15.7. The van der Waals surface area contributed by atoms with Crippen molar-refractivity contribution in [3.8, 4) is 45.7 Å². The minimum atomic E-state index is 0.538. The summed E-state index contributed by atoms with van der Waals surface area (Å²) in [4.78, 5) is 26.3. The SMILES string of the molecule is c1ccc(-c2c3c4ccccc4n(-c4ccc5cccnc5n4)c3cc3c2c2ccccc2n3-c2nc(-c3ccc4sc5ccccc5c4c3)nc(-c3ccc4sc5ccccc5c4c3)n2)cc1.